The molecule has 0 saturated carbocycles. The molecule has 0 saturated heterocycles. The molecule has 0 aliphatic rings. The maximum atomic E-state index is 6.11. The zero-order valence-electron chi connectivity index (χ0n) is 14.1. The summed E-state index contributed by atoms with van der Waals surface area (Å²) in [6.07, 6.45) is 2.08. The van der Waals surface area contributed by atoms with Crippen molar-refractivity contribution >= 4 is 44.3 Å². The Bertz CT molecular complexity index is 1290. The molecule has 0 atom stereocenters. The van der Waals surface area contributed by atoms with Crippen LogP contribution in [0.25, 0.3) is 32.6 Å². The summed E-state index contributed by atoms with van der Waals surface area (Å²) in [6, 6.07) is 21.0. The number of rotatable bonds is 2. The number of nitrogens with zero attached hydrogens (tertiary/aromatic N) is 3. The van der Waals surface area contributed by atoms with E-state index in [0.29, 0.717) is 5.82 Å². The molecule has 0 bridgehead atoms. The van der Waals surface area contributed by atoms with Gasteiger partial charge in [0.2, 0.25) is 5.95 Å². The number of hydrogen-bond acceptors (Lipinski definition) is 4. The van der Waals surface area contributed by atoms with E-state index < -0.39 is 0 Å². The monoisotopic (exact) mass is 339 g/mol. The van der Waals surface area contributed by atoms with E-state index >= 15 is 0 Å². The molecule has 0 aliphatic heterocycles. The van der Waals surface area contributed by atoms with Crippen molar-refractivity contribution in [1.29, 1.82) is 0 Å². The minimum atomic E-state index is 0.199. The Balaban J connectivity index is 1.63. The SMILES string of the molecule is Nc1nc(N)c2c(ccc3c2ccn3Cc2ccc3ccccc3c2)n1. The Morgan fingerprint density at radius 3 is 2.58 bits per heavy atom. The van der Waals surface area contributed by atoms with Crippen molar-refractivity contribution in [2.75, 3.05) is 11.5 Å². The van der Waals surface area contributed by atoms with E-state index in [2.05, 4.69) is 75.3 Å². The summed E-state index contributed by atoms with van der Waals surface area (Å²) in [5.74, 6) is 0.617. The minimum absolute atomic E-state index is 0.199. The second kappa shape index (κ2) is 5.46. The van der Waals surface area contributed by atoms with Gasteiger partial charge in [0.15, 0.2) is 0 Å². The fourth-order valence-electron chi connectivity index (χ4n) is 3.62. The van der Waals surface area contributed by atoms with Crippen molar-refractivity contribution in [2.24, 2.45) is 0 Å². The van der Waals surface area contributed by atoms with Crippen LogP contribution in [0, 0.1) is 0 Å². The molecule has 2 heterocycles. The van der Waals surface area contributed by atoms with Gasteiger partial charge in [-0.15, -0.1) is 0 Å². The van der Waals surface area contributed by atoms with Crippen LogP contribution >= 0.6 is 0 Å². The summed E-state index contributed by atoms with van der Waals surface area (Å²) >= 11 is 0. The minimum Gasteiger partial charge on any atom is -0.383 e. The molecule has 0 amide bonds. The van der Waals surface area contributed by atoms with Gasteiger partial charge >= 0.3 is 0 Å². The zero-order chi connectivity index (χ0) is 17.7. The summed E-state index contributed by atoms with van der Waals surface area (Å²) in [4.78, 5) is 8.41. The number of nitrogens with two attached hydrogens (primary N) is 2. The largest absolute Gasteiger partial charge is 0.383 e. The zero-order valence-corrected chi connectivity index (χ0v) is 14.1. The van der Waals surface area contributed by atoms with Crippen LogP contribution in [0.3, 0.4) is 0 Å². The summed E-state index contributed by atoms with van der Waals surface area (Å²) in [6.45, 7) is 0.787. The quantitative estimate of drug-likeness (QED) is 0.510. The van der Waals surface area contributed by atoms with Crippen molar-refractivity contribution < 1.29 is 0 Å². The van der Waals surface area contributed by atoms with Crippen molar-refractivity contribution in [3.63, 3.8) is 0 Å². The lowest BCUT2D eigenvalue weighted by atomic mass is 10.1. The van der Waals surface area contributed by atoms with Crippen LogP contribution in [0.15, 0.2) is 66.9 Å². The average Bonchev–Trinajstić information content (AvgIpc) is 3.04. The van der Waals surface area contributed by atoms with Crippen molar-refractivity contribution in [1.82, 2.24) is 14.5 Å². The third-order valence-electron chi connectivity index (χ3n) is 4.82. The smallest absolute Gasteiger partial charge is 0.222 e. The lowest BCUT2D eigenvalue weighted by Crippen LogP contribution is -2.01. The van der Waals surface area contributed by atoms with E-state index in [4.69, 9.17) is 11.5 Å². The van der Waals surface area contributed by atoms with Gasteiger partial charge in [0.25, 0.3) is 0 Å². The van der Waals surface area contributed by atoms with Crippen LogP contribution in [-0.2, 0) is 6.54 Å². The first-order valence-electron chi connectivity index (χ1n) is 8.47. The first-order chi connectivity index (χ1) is 12.7. The van der Waals surface area contributed by atoms with E-state index in [1.165, 1.54) is 16.3 Å². The lowest BCUT2D eigenvalue weighted by Gasteiger charge is -2.09. The highest BCUT2D eigenvalue weighted by Crippen LogP contribution is 2.29. The summed E-state index contributed by atoms with van der Waals surface area (Å²) < 4.78 is 2.22. The van der Waals surface area contributed by atoms with E-state index in [9.17, 15) is 0 Å². The summed E-state index contributed by atoms with van der Waals surface area (Å²) in [5.41, 5.74) is 14.9. The third kappa shape index (κ3) is 2.25. The highest BCUT2D eigenvalue weighted by atomic mass is 15.0. The lowest BCUT2D eigenvalue weighted by molar-refractivity contribution is 0.838. The van der Waals surface area contributed by atoms with Gasteiger partial charge in [0, 0.05) is 23.6 Å². The predicted octanol–water partition coefficient (Wildman–Crippen LogP) is 3.95. The fourth-order valence-corrected chi connectivity index (χ4v) is 3.62. The molecule has 0 aliphatic carbocycles. The Kier molecular flexibility index (Phi) is 3.09. The molecule has 3 aromatic carbocycles. The second-order valence-electron chi connectivity index (χ2n) is 6.48. The van der Waals surface area contributed by atoms with E-state index in [0.717, 1.165) is 28.4 Å². The van der Waals surface area contributed by atoms with Gasteiger partial charge in [-0.1, -0.05) is 36.4 Å². The van der Waals surface area contributed by atoms with Gasteiger partial charge < -0.3 is 16.0 Å². The van der Waals surface area contributed by atoms with Gasteiger partial charge in [-0.3, -0.25) is 0 Å². The number of benzene rings is 3. The summed E-state index contributed by atoms with van der Waals surface area (Å²) in [7, 11) is 0. The molecule has 0 spiro atoms. The Morgan fingerprint density at radius 1 is 0.846 bits per heavy atom. The van der Waals surface area contributed by atoms with Gasteiger partial charge in [-0.25, -0.2) is 4.98 Å². The predicted molar refractivity (Wildman–Crippen MR) is 107 cm³/mol. The molecule has 0 fully saturated rings. The number of fused-ring (bicyclic) bond motifs is 4. The second-order valence-corrected chi connectivity index (χ2v) is 6.48. The molecule has 4 N–H and O–H groups in total. The highest BCUT2D eigenvalue weighted by Gasteiger charge is 2.11. The van der Waals surface area contributed by atoms with Crippen LogP contribution in [0.4, 0.5) is 11.8 Å². The van der Waals surface area contributed by atoms with Gasteiger partial charge in [0.1, 0.15) is 5.82 Å². The van der Waals surface area contributed by atoms with Crippen LogP contribution < -0.4 is 11.5 Å². The van der Waals surface area contributed by atoms with Crippen molar-refractivity contribution in [3.05, 3.63) is 72.4 Å². The van der Waals surface area contributed by atoms with E-state index in [-0.39, 0.29) is 5.95 Å². The molecule has 126 valence electrons. The molecule has 5 rings (SSSR count). The van der Waals surface area contributed by atoms with E-state index in [1.54, 1.807) is 0 Å². The molecule has 26 heavy (non-hydrogen) atoms. The Labute approximate surface area is 149 Å². The Morgan fingerprint density at radius 2 is 1.69 bits per heavy atom. The molecule has 0 unspecified atom stereocenters. The number of anilines is 2. The van der Waals surface area contributed by atoms with Crippen LogP contribution in [0.2, 0.25) is 0 Å². The van der Waals surface area contributed by atoms with Crippen molar-refractivity contribution in [3.8, 4) is 0 Å². The molecule has 0 radical (unpaired) electrons. The fraction of sp³-hybridized carbons (Fsp3) is 0.0476. The van der Waals surface area contributed by atoms with E-state index in [1.807, 2.05) is 6.07 Å². The normalized spacial score (nSPS) is 11.5. The molecule has 5 nitrogen and oxygen atoms in total. The Hall–Kier alpha value is -3.60. The molecular weight excluding hydrogens is 322 g/mol. The number of nitrogen functional groups attached to an aromatic ring is 2. The molecular formula is C21H17N5. The number of aromatic nitrogens is 3. The third-order valence-corrected chi connectivity index (χ3v) is 4.82. The first kappa shape index (κ1) is 14.7. The van der Waals surface area contributed by atoms with Gasteiger partial charge in [-0.05, 0) is 40.6 Å². The van der Waals surface area contributed by atoms with Crippen molar-refractivity contribution in [2.45, 2.75) is 6.54 Å². The average molecular weight is 339 g/mol. The maximum Gasteiger partial charge on any atom is 0.222 e. The molecule has 2 aromatic heterocycles. The standard InChI is InChI=1S/C21H17N5/c22-20-19-16-9-10-26(18(16)8-7-17(19)24-21(23)25-20)12-13-5-6-14-3-1-2-4-15(14)11-13/h1-11H,12H2,(H4,22,23,24,25). The van der Waals surface area contributed by atoms with Gasteiger partial charge in [-0.2, -0.15) is 4.98 Å². The number of hydrogen-bond donors (Lipinski definition) is 2. The van der Waals surface area contributed by atoms with Crippen LogP contribution in [-0.4, -0.2) is 14.5 Å². The van der Waals surface area contributed by atoms with Crippen LogP contribution in [0.1, 0.15) is 5.56 Å². The molecule has 5 aromatic rings. The van der Waals surface area contributed by atoms with Gasteiger partial charge in [0.05, 0.1) is 10.9 Å². The first-order valence-corrected chi connectivity index (χ1v) is 8.47. The topological polar surface area (TPSA) is 82.7 Å². The summed E-state index contributed by atoms with van der Waals surface area (Å²) in [5, 5.41) is 4.40. The highest BCUT2D eigenvalue weighted by molar-refractivity contribution is 6.10. The van der Waals surface area contributed by atoms with Crippen LogP contribution in [0.5, 0.6) is 0 Å². The maximum absolute atomic E-state index is 6.11. The molecule has 5 heteroatoms.